The van der Waals surface area contributed by atoms with Gasteiger partial charge in [0.25, 0.3) is 0 Å². The Balaban J connectivity index is 1.89. The van der Waals surface area contributed by atoms with E-state index in [9.17, 15) is 9.59 Å². The van der Waals surface area contributed by atoms with Crippen molar-refractivity contribution < 1.29 is 9.59 Å². The molecule has 5 heteroatoms. The summed E-state index contributed by atoms with van der Waals surface area (Å²) in [6, 6.07) is 7.96. The highest BCUT2D eigenvalue weighted by molar-refractivity contribution is 6.05. The maximum Gasteiger partial charge on any atom is 0.240 e. The van der Waals surface area contributed by atoms with Crippen molar-refractivity contribution in [1.29, 1.82) is 0 Å². The number of carbonyl (C=O) groups excluding carboxylic acids is 2. The van der Waals surface area contributed by atoms with Gasteiger partial charge in [-0.1, -0.05) is 19.1 Å². The molecule has 5 nitrogen and oxygen atoms in total. The lowest BCUT2D eigenvalue weighted by molar-refractivity contribution is -0.121. The highest BCUT2D eigenvalue weighted by Gasteiger charge is 2.21. The first kappa shape index (κ1) is 15.2. The van der Waals surface area contributed by atoms with Gasteiger partial charge in [-0.05, 0) is 37.1 Å². The molecule has 1 atom stereocenters. The van der Waals surface area contributed by atoms with Crippen molar-refractivity contribution in [2.45, 2.75) is 27.2 Å². The lowest BCUT2D eigenvalue weighted by atomic mass is 9.94. The third-order valence-corrected chi connectivity index (χ3v) is 4.13. The number of Topliss-reactive ketones (excluding diaryl/α,β-unsaturated/α-hetero) is 1. The first-order valence-electron chi connectivity index (χ1n) is 7.62. The minimum Gasteiger partial charge on any atom is -0.323 e. The minimum atomic E-state index is -0.0440. The van der Waals surface area contributed by atoms with Crippen molar-refractivity contribution in [3.05, 3.63) is 53.3 Å². The Morgan fingerprint density at radius 3 is 2.52 bits per heavy atom. The van der Waals surface area contributed by atoms with Gasteiger partial charge in [0.2, 0.25) is 5.91 Å². The molecule has 1 aromatic carbocycles. The average Bonchev–Trinajstić information content (AvgIpc) is 2.90. The highest BCUT2D eigenvalue weighted by atomic mass is 16.2. The predicted molar refractivity (Wildman–Crippen MR) is 89.0 cm³/mol. The van der Waals surface area contributed by atoms with E-state index in [0.29, 0.717) is 6.42 Å². The number of nitrogens with one attached hydrogen (secondary N) is 1. The lowest BCUT2D eigenvalue weighted by Gasteiger charge is -2.19. The minimum absolute atomic E-state index is 0.0440. The fourth-order valence-corrected chi connectivity index (χ4v) is 2.88. The molecule has 0 radical (unpaired) electrons. The molecule has 23 heavy (non-hydrogen) atoms. The van der Waals surface area contributed by atoms with E-state index >= 15 is 0 Å². The Morgan fingerprint density at radius 2 is 1.96 bits per heavy atom. The van der Waals surface area contributed by atoms with Crippen LogP contribution in [0.15, 0.2) is 41.8 Å². The Bertz CT molecular complexity index is 800. The molecule has 1 amide bonds. The van der Waals surface area contributed by atoms with Crippen LogP contribution in [0.2, 0.25) is 0 Å². The summed E-state index contributed by atoms with van der Waals surface area (Å²) in [4.78, 5) is 22.9. The van der Waals surface area contributed by atoms with Gasteiger partial charge >= 0.3 is 0 Å². The number of nitrogens with zero attached hydrogens (tertiary/aromatic N) is 2. The van der Waals surface area contributed by atoms with E-state index in [4.69, 9.17) is 0 Å². The Morgan fingerprint density at radius 1 is 1.26 bits per heavy atom. The van der Waals surface area contributed by atoms with Gasteiger partial charge in [-0.2, -0.15) is 5.10 Å². The number of rotatable bonds is 3. The highest BCUT2D eigenvalue weighted by Crippen LogP contribution is 2.20. The number of hydrogen-bond donors (Lipinski definition) is 1. The molecule has 1 aliphatic rings. The van der Waals surface area contributed by atoms with Gasteiger partial charge in [-0.25, -0.2) is 5.43 Å². The second-order valence-corrected chi connectivity index (χ2v) is 6.00. The van der Waals surface area contributed by atoms with Crippen molar-refractivity contribution in [2.75, 3.05) is 0 Å². The van der Waals surface area contributed by atoms with Gasteiger partial charge in [0.1, 0.15) is 0 Å². The Kier molecular flexibility index (Phi) is 3.86. The predicted octanol–water partition coefficient (Wildman–Crippen LogP) is 2.85. The number of carbonyl (C=O) groups is 2. The van der Waals surface area contributed by atoms with Crippen LogP contribution in [0.3, 0.4) is 0 Å². The number of amides is 1. The molecular weight excluding hydrogens is 290 g/mol. The van der Waals surface area contributed by atoms with Crippen LogP contribution in [0, 0.1) is 12.8 Å². The molecule has 2 heterocycles. The molecule has 0 fully saturated rings. The standard InChI is InChI=1S/C18H19N3O2/c1-11-8-17(23)19-20-18(11)14-4-6-15(7-5-14)21-9-12(2)16(10-21)13(3)22/h4-7,9-11H,8H2,1-3H3,(H,19,23). The second kappa shape index (κ2) is 5.83. The van der Waals surface area contributed by atoms with Gasteiger partial charge in [-0.15, -0.1) is 0 Å². The molecule has 0 saturated carbocycles. The van der Waals surface area contributed by atoms with Crippen molar-refractivity contribution in [2.24, 2.45) is 11.0 Å². The summed E-state index contributed by atoms with van der Waals surface area (Å²) in [5.41, 5.74) is 7.12. The number of hydrogen-bond acceptors (Lipinski definition) is 3. The molecule has 0 bridgehead atoms. The molecule has 1 unspecified atom stereocenters. The van der Waals surface area contributed by atoms with Crippen LogP contribution < -0.4 is 5.43 Å². The summed E-state index contributed by atoms with van der Waals surface area (Å²) < 4.78 is 1.95. The van der Waals surface area contributed by atoms with E-state index in [1.165, 1.54) is 0 Å². The van der Waals surface area contributed by atoms with E-state index in [-0.39, 0.29) is 17.6 Å². The third-order valence-electron chi connectivity index (χ3n) is 4.13. The maximum absolute atomic E-state index is 11.6. The van der Waals surface area contributed by atoms with Crippen molar-refractivity contribution >= 4 is 17.4 Å². The van der Waals surface area contributed by atoms with E-state index in [1.54, 1.807) is 6.92 Å². The number of benzene rings is 1. The summed E-state index contributed by atoms with van der Waals surface area (Å²) in [5.74, 6) is 0.129. The molecule has 118 valence electrons. The van der Waals surface area contributed by atoms with Crippen LogP contribution in [-0.2, 0) is 4.79 Å². The van der Waals surface area contributed by atoms with Gasteiger partial charge < -0.3 is 4.57 Å². The first-order chi connectivity index (χ1) is 11.0. The molecule has 0 spiro atoms. The van der Waals surface area contributed by atoms with Crippen LogP contribution in [0.1, 0.15) is 41.8 Å². The van der Waals surface area contributed by atoms with Gasteiger partial charge in [-0.3, -0.25) is 9.59 Å². The Hall–Kier alpha value is -2.69. The Labute approximate surface area is 135 Å². The second-order valence-electron chi connectivity index (χ2n) is 6.00. The zero-order valence-corrected chi connectivity index (χ0v) is 13.5. The summed E-state index contributed by atoms with van der Waals surface area (Å²) in [6.07, 6.45) is 4.26. The zero-order chi connectivity index (χ0) is 16.6. The first-order valence-corrected chi connectivity index (χ1v) is 7.62. The summed E-state index contributed by atoms with van der Waals surface area (Å²) in [7, 11) is 0. The van der Waals surface area contributed by atoms with Crippen LogP contribution in [0.5, 0.6) is 0 Å². The normalized spacial score (nSPS) is 17.6. The summed E-state index contributed by atoms with van der Waals surface area (Å²) in [5, 5.41) is 4.17. The molecule has 3 rings (SSSR count). The smallest absolute Gasteiger partial charge is 0.240 e. The molecule has 0 aliphatic carbocycles. The van der Waals surface area contributed by atoms with Crippen LogP contribution >= 0.6 is 0 Å². The summed E-state index contributed by atoms with van der Waals surface area (Å²) in [6.45, 7) is 5.51. The topological polar surface area (TPSA) is 63.5 Å². The van der Waals surface area contributed by atoms with Crippen LogP contribution in [-0.4, -0.2) is 22.0 Å². The van der Waals surface area contributed by atoms with Crippen molar-refractivity contribution in [1.82, 2.24) is 9.99 Å². The molecular formula is C18H19N3O2. The lowest BCUT2D eigenvalue weighted by Crippen LogP contribution is -2.31. The van der Waals surface area contributed by atoms with Gasteiger partial charge in [0.15, 0.2) is 5.78 Å². The molecule has 2 aromatic rings. The maximum atomic E-state index is 11.6. The van der Waals surface area contributed by atoms with E-state index < -0.39 is 0 Å². The molecule has 1 N–H and O–H groups in total. The van der Waals surface area contributed by atoms with E-state index in [0.717, 1.165) is 28.1 Å². The van der Waals surface area contributed by atoms with E-state index in [2.05, 4.69) is 10.5 Å². The van der Waals surface area contributed by atoms with Crippen molar-refractivity contribution in [3.63, 3.8) is 0 Å². The number of hydrazone groups is 1. The monoisotopic (exact) mass is 309 g/mol. The average molecular weight is 309 g/mol. The zero-order valence-electron chi connectivity index (χ0n) is 13.5. The van der Waals surface area contributed by atoms with E-state index in [1.807, 2.05) is 55.1 Å². The van der Waals surface area contributed by atoms with Crippen LogP contribution in [0.25, 0.3) is 5.69 Å². The van der Waals surface area contributed by atoms with Gasteiger partial charge in [0.05, 0.1) is 5.71 Å². The SMILES string of the molecule is CC(=O)c1cn(-c2ccc(C3=NNC(=O)CC3C)cc2)cc1C. The van der Waals surface area contributed by atoms with Crippen molar-refractivity contribution in [3.8, 4) is 5.69 Å². The fraction of sp³-hybridized carbons (Fsp3) is 0.278. The number of aromatic nitrogens is 1. The third kappa shape index (κ3) is 2.95. The van der Waals surface area contributed by atoms with Gasteiger partial charge in [0, 0.05) is 36.0 Å². The molecule has 1 aromatic heterocycles. The molecule has 1 aliphatic heterocycles. The number of ketones is 1. The fourth-order valence-electron chi connectivity index (χ4n) is 2.88. The largest absolute Gasteiger partial charge is 0.323 e. The quantitative estimate of drug-likeness (QED) is 0.886. The molecule has 0 saturated heterocycles. The van der Waals surface area contributed by atoms with Crippen LogP contribution in [0.4, 0.5) is 0 Å². The number of aryl methyl sites for hydroxylation is 1. The summed E-state index contributed by atoms with van der Waals surface area (Å²) >= 11 is 0.